The average Bonchev–Trinajstić information content (AvgIpc) is 2.71. The van der Waals surface area contributed by atoms with Crippen molar-refractivity contribution in [1.82, 2.24) is 10.2 Å². The summed E-state index contributed by atoms with van der Waals surface area (Å²) in [7, 11) is 0. The van der Waals surface area contributed by atoms with E-state index in [4.69, 9.17) is 16.3 Å². The molecule has 0 aliphatic carbocycles. The highest BCUT2D eigenvalue weighted by atomic mass is 35.5. The van der Waals surface area contributed by atoms with Crippen LogP contribution in [0.25, 0.3) is 0 Å². The molecular formula is C23H28ClN3O3. The summed E-state index contributed by atoms with van der Waals surface area (Å²) in [5.41, 5.74) is 2.02. The number of ether oxygens (including phenoxy) is 1. The second kappa shape index (κ2) is 9.39. The summed E-state index contributed by atoms with van der Waals surface area (Å²) in [5, 5.41) is 3.45. The van der Waals surface area contributed by atoms with Crippen molar-refractivity contribution in [2.75, 3.05) is 31.1 Å². The first-order valence-electron chi connectivity index (χ1n) is 10.1. The highest BCUT2D eigenvalue weighted by Crippen LogP contribution is 2.26. The van der Waals surface area contributed by atoms with E-state index >= 15 is 0 Å². The zero-order valence-corrected chi connectivity index (χ0v) is 18.4. The smallest absolute Gasteiger partial charge is 0.407 e. The minimum Gasteiger partial charge on any atom is -0.444 e. The number of alkyl carbamates (subject to hydrolysis) is 1. The van der Waals surface area contributed by atoms with Crippen LogP contribution < -0.4 is 10.2 Å². The minimum absolute atomic E-state index is 0.0143. The molecule has 1 saturated heterocycles. The molecule has 160 valence electrons. The standard InChI is InChI=1S/C23H28ClN3O3/c1-23(2,3)30-22(29)25-16-17-8-10-18(11-9-17)21(28)27-14-12-26(13-15-27)20-7-5-4-6-19(20)24/h4-11H,12-16H2,1-3H3,(H,25,29). The number of anilines is 1. The topological polar surface area (TPSA) is 61.9 Å². The van der Waals surface area contributed by atoms with Crippen molar-refractivity contribution in [3.05, 3.63) is 64.7 Å². The van der Waals surface area contributed by atoms with Gasteiger partial charge in [-0.05, 0) is 50.6 Å². The number of piperazine rings is 1. The zero-order chi connectivity index (χ0) is 21.7. The van der Waals surface area contributed by atoms with Crippen LogP contribution in [0.3, 0.4) is 0 Å². The Labute approximate surface area is 182 Å². The summed E-state index contributed by atoms with van der Waals surface area (Å²) in [6.45, 7) is 8.59. The Bertz CT molecular complexity index is 885. The molecule has 1 N–H and O–H groups in total. The van der Waals surface area contributed by atoms with Crippen molar-refractivity contribution in [1.29, 1.82) is 0 Å². The fourth-order valence-corrected chi connectivity index (χ4v) is 3.55. The van der Waals surface area contributed by atoms with Gasteiger partial charge in [0.15, 0.2) is 0 Å². The Balaban J connectivity index is 1.51. The maximum Gasteiger partial charge on any atom is 0.407 e. The van der Waals surface area contributed by atoms with Gasteiger partial charge >= 0.3 is 6.09 Å². The van der Waals surface area contributed by atoms with Gasteiger partial charge in [-0.3, -0.25) is 4.79 Å². The van der Waals surface area contributed by atoms with Crippen LogP contribution in [-0.4, -0.2) is 48.7 Å². The van der Waals surface area contributed by atoms with E-state index in [1.165, 1.54) is 0 Å². The lowest BCUT2D eigenvalue weighted by Crippen LogP contribution is -2.48. The van der Waals surface area contributed by atoms with Crippen LogP contribution in [-0.2, 0) is 11.3 Å². The van der Waals surface area contributed by atoms with E-state index in [0.717, 1.165) is 29.4 Å². The number of nitrogens with one attached hydrogen (secondary N) is 1. The fourth-order valence-electron chi connectivity index (χ4n) is 3.29. The first-order chi connectivity index (χ1) is 14.2. The molecule has 1 heterocycles. The molecule has 0 spiro atoms. The molecule has 7 heteroatoms. The van der Waals surface area contributed by atoms with E-state index in [1.54, 1.807) is 12.1 Å². The third-order valence-corrected chi connectivity index (χ3v) is 5.12. The zero-order valence-electron chi connectivity index (χ0n) is 17.7. The Morgan fingerprint density at radius 2 is 1.63 bits per heavy atom. The normalized spacial score (nSPS) is 14.4. The molecule has 2 amide bonds. The van der Waals surface area contributed by atoms with Gasteiger partial charge in [-0.15, -0.1) is 0 Å². The van der Waals surface area contributed by atoms with Crippen molar-refractivity contribution in [3.63, 3.8) is 0 Å². The predicted molar refractivity (Wildman–Crippen MR) is 119 cm³/mol. The number of para-hydroxylation sites is 1. The van der Waals surface area contributed by atoms with Gasteiger partial charge in [-0.1, -0.05) is 35.9 Å². The highest BCUT2D eigenvalue weighted by molar-refractivity contribution is 6.33. The van der Waals surface area contributed by atoms with Gasteiger partial charge in [0.2, 0.25) is 0 Å². The van der Waals surface area contributed by atoms with Crippen LogP contribution in [0, 0.1) is 0 Å². The van der Waals surface area contributed by atoms with E-state index in [-0.39, 0.29) is 5.91 Å². The second-order valence-electron chi connectivity index (χ2n) is 8.28. The first-order valence-corrected chi connectivity index (χ1v) is 10.5. The number of benzene rings is 2. The molecule has 0 bridgehead atoms. The summed E-state index contributed by atoms with van der Waals surface area (Å²) in [6, 6.07) is 15.1. The number of halogens is 1. The van der Waals surface area contributed by atoms with Crippen LogP contribution >= 0.6 is 11.6 Å². The third-order valence-electron chi connectivity index (χ3n) is 4.80. The third kappa shape index (κ3) is 5.89. The molecule has 0 atom stereocenters. The molecule has 6 nitrogen and oxygen atoms in total. The van der Waals surface area contributed by atoms with Gasteiger partial charge in [-0.2, -0.15) is 0 Å². The summed E-state index contributed by atoms with van der Waals surface area (Å²) < 4.78 is 5.23. The lowest BCUT2D eigenvalue weighted by atomic mass is 10.1. The number of amides is 2. The summed E-state index contributed by atoms with van der Waals surface area (Å²) >= 11 is 6.29. The van der Waals surface area contributed by atoms with E-state index < -0.39 is 11.7 Å². The maximum atomic E-state index is 12.8. The van der Waals surface area contributed by atoms with Gasteiger partial charge in [0.1, 0.15) is 5.60 Å². The Hall–Kier alpha value is -2.73. The van der Waals surface area contributed by atoms with Crippen LogP contribution in [0.1, 0.15) is 36.7 Å². The van der Waals surface area contributed by atoms with E-state index in [2.05, 4.69) is 10.2 Å². The maximum absolute atomic E-state index is 12.8. The van der Waals surface area contributed by atoms with Gasteiger partial charge in [0.25, 0.3) is 5.91 Å². The molecule has 0 unspecified atom stereocenters. The van der Waals surface area contributed by atoms with Crippen LogP contribution in [0.4, 0.5) is 10.5 Å². The number of carbonyl (C=O) groups is 2. The molecule has 1 aliphatic rings. The molecule has 0 radical (unpaired) electrons. The Morgan fingerprint density at radius 3 is 2.23 bits per heavy atom. The Kier molecular flexibility index (Phi) is 6.87. The SMILES string of the molecule is CC(C)(C)OC(=O)NCc1ccc(C(=O)N2CCN(c3ccccc3Cl)CC2)cc1. The number of carbonyl (C=O) groups excluding carboxylic acids is 2. The summed E-state index contributed by atoms with van der Waals surface area (Å²) in [4.78, 5) is 28.7. The van der Waals surface area contributed by atoms with Gasteiger partial charge in [-0.25, -0.2) is 4.79 Å². The average molecular weight is 430 g/mol. The summed E-state index contributed by atoms with van der Waals surface area (Å²) in [5.74, 6) is 0.0143. The van der Waals surface area contributed by atoms with Crippen LogP contribution in [0.5, 0.6) is 0 Å². The van der Waals surface area contributed by atoms with Crippen LogP contribution in [0.15, 0.2) is 48.5 Å². The summed E-state index contributed by atoms with van der Waals surface area (Å²) in [6.07, 6.45) is -0.459. The monoisotopic (exact) mass is 429 g/mol. The first kappa shape index (κ1) is 22.0. The minimum atomic E-state index is -0.532. The van der Waals surface area contributed by atoms with Gasteiger partial charge in [0, 0.05) is 38.3 Å². The molecule has 30 heavy (non-hydrogen) atoms. The van der Waals surface area contributed by atoms with E-state index in [0.29, 0.717) is 25.2 Å². The molecule has 2 aromatic rings. The van der Waals surface area contributed by atoms with Crippen molar-refractivity contribution >= 4 is 29.3 Å². The molecule has 3 rings (SSSR count). The number of rotatable bonds is 4. The molecule has 0 aromatic heterocycles. The molecular weight excluding hydrogens is 402 g/mol. The molecule has 1 fully saturated rings. The van der Waals surface area contributed by atoms with Gasteiger partial charge < -0.3 is 19.9 Å². The number of hydrogen-bond acceptors (Lipinski definition) is 4. The quantitative estimate of drug-likeness (QED) is 0.785. The molecule has 1 aliphatic heterocycles. The largest absolute Gasteiger partial charge is 0.444 e. The Morgan fingerprint density at radius 1 is 1.00 bits per heavy atom. The highest BCUT2D eigenvalue weighted by Gasteiger charge is 2.23. The van der Waals surface area contributed by atoms with Gasteiger partial charge in [0.05, 0.1) is 10.7 Å². The van der Waals surface area contributed by atoms with Crippen molar-refractivity contribution in [2.24, 2.45) is 0 Å². The number of nitrogens with zero attached hydrogens (tertiary/aromatic N) is 2. The second-order valence-corrected chi connectivity index (χ2v) is 8.69. The molecule has 0 saturated carbocycles. The van der Waals surface area contributed by atoms with Crippen molar-refractivity contribution < 1.29 is 14.3 Å². The number of hydrogen-bond donors (Lipinski definition) is 1. The lowest BCUT2D eigenvalue weighted by Gasteiger charge is -2.36. The molecule has 2 aromatic carbocycles. The van der Waals surface area contributed by atoms with E-state index in [1.807, 2.05) is 62.1 Å². The van der Waals surface area contributed by atoms with Crippen molar-refractivity contribution in [2.45, 2.75) is 32.9 Å². The fraction of sp³-hybridized carbons (Fsp3) is 0.391. The lowest BCUT2D eigenvalue weighted by molar-refractivity contribution is 0.0523. The van der Waals surface area contributed by atoms with Crippen LogP contribution in [0.2, 0.25) is 5.02 Å². The predicted octanol–water partition coefficient (Wildman–Crippen LogP) is 4.33. The van der Waals surface area contributed by atoms with Crippen molar-refractivity contribution in [3.8, 4) is 0 Å². The van der Waals surface area contributed by atoms with E-state index in [9.17, 15) is 9.59 Å².